The standard InChI is InChI=1S/C3H7NO6S2/c1-2-3-10-12(8,9)4-11(5,6)7/h2,4H,1,3H2,(H,5,6,7). The second-order valence-electron chi connectivity index (χ2n) is 1.59. The van der Waals surface area contributed by atoms with Gasteiger partial charge in [-0.25, -0.2) is 0 Å². The van der Waals surface area contributed by atoms with Crippen LogP contribution in [0.5, 0.6) is 0 Å². The van der Waals surface area contributed by atoms with Crippen LogP contribution in [0.15, 0.2) is 12.7 Å². The smallest absolute Gasteiger partial charge is 0.273 e. The minimum Gasteiger partial charge on any atom is -0.273 e. The molecule has 0 aromatic rings. The molecule has 0 bridgehead atoms. The Morgan fingerprint density at radius 1 is 1.42 bits per heavy atom. The summed E-state index contributed by atoms with van der Waals surface area (Å²) in [7, 11) is -9.27. The molecule has 9 heteroatoms. The van der Waals surface area contributed by atoms with Crippen molar-refractivity contribution in [2.24, 2.45) is 0 Å². The molecule has 0 unspecified atom stereocenters. The average molecular weight is 217 g/mol. The van der Waals surface area contributed by atoms with Crippen LogP contribution in [0.3, 0.4) is 0 Å². The summed E-state index contributed by atoms with van der Waals surface area (Å²) in [6, 6.07) is 0. The Morgan fingerprint density at radius 3 is 2.25 bits per heavy atom. The number of nitrogens with one attached hydrogen (secondary N) is 1. The molecule has 0 saturated carbocycles. The molecule has 0 atom stereocenters. The molecule has 0 rings (SSSR count). The zero-order chi connectivity index (χ0) is 9.83. The fourth-order valence-electron chi connectivity index (χ4n) is 0.291. The highest BCUT2D eigenvalue weighted by atomic mass is 32.3. The van der Waals surface area contributed by atoms with Crippen LogP contribution in [0.2, 0.25) is 0 Å². The molecule has 0 saturated heterocycles. The fraction of sp³-hybridized carbons (Fsp3) is 0.333. The molecular formula is C3H7NO6S2. The second kappa shape index (κ2) is 3.96. The molecule has 0 heterocycles. The molecule has 0 amide bonds. The Kier molecular flexibility index (Phi) is 3.80. The first-order valence-corrected chi connectivity index (χ1v) is 5.38. The normalized spacial score (nSPS) is 12.8. The number of rotatable bonds is 5. The third-order valence-electron chi connectivity index (χ3n) is 0.548. The first-order valence-electron chi connectivity index (χ1n) is 2.53. The van der Waals surface area contributed by atoms with Crippen LogP contribution in [0.1, 0.15) is 0 Å². The summed E-state index contributed by atoms with van der Waals surface area (Å²) < 4.78 is 53.8. The average Bonchev–Trinajstić information content (AvgIpc) is 1.78. The lowest BCUT2D eigenvalue weighted by atomic mass is 10.7. The third kappa shape index (κ3) is 6.24. The van der Waals surface area contributed by atoms with Crippen LogP contribution in [0.25, 0.3) is 0 Å². The lowest BCUT2D eigenvalue weighted by molar-refractivity contribution is 0.352. The van der Waals surface area contributed by atoms with E-state index in [-0.39, 0.29) is 6.61 Å². The first kappa shape index (κ1) is 11.5. The molecule has 0 radical (unpaired) electrons. The minimum atomic E-state index is -4.81. The van der Waals surface area contributed by atoms with Gasteiger partial charge < -0.3 is 0 Å². The summed E-state index contributed by atoms with van der Waals surface area (Å²) in [6.07, 6.45) is 1.10. The third-order valence-corrected chi connectivity index (χ3v) is 2.65. The van der Waals surface area contributed by atoms with Crippen molar-refractivity contribution in [1.82, 2.24) is 4.13 Å². The van der Waals surface area contributed by atoms with Gasteiger partial charge in [0.25, 0.3) is 0 Å². The van der Waals surface area contributed by atoms with E-state index in [1.807, 2.05) is 0 Å². The Morgan fingerprint density at radius 2 is 1.92 bits per heavy atom. The van der Waals surface area contributed by atoms with Gasteiger partial charge in [-0.15, -0.1) is 6.58 Å². The minimum absolute atomic E-state index is 0.384. The molecule has 0 spiro atoms. The highest BCUT2D eigenvalue weighted by Gasteiger charge is 2.17. The molecule has 12 heavy (non-hydrogen) atoms. The molecule has 72 valence electrons. The van der Waals surface area contributed by atoms with E-state index in [9.17, 15) is 16.8 Å². The summed E-state index contributed by atoms with van der Waals surface area (Å²) in [5, 5.41) is 0. The Bertz CT molecular complexity index is 339. The van der Waals surface area contributed by atoms with Gasteiger partial charge in [-0.3, -0.25) is 8.74 Å². The number of hydrogen-bond donors (Lipinski definition) is 2. The van der Waals surface area contributed by atoms with Crippen molar-refractivity contribution in [2.45, 2.75) is 0 Å². The number of hydrogen-bond acceptors (Lipinski definition) is 5. The van der Waals surface area contributed by atoms with Crippen molar-refractivity contribution in [3.05, 3.63) is 12.7 Å². The second-order valence-corrected chi connectivity index (χ2v) is 4.35. The summed E-state index contributed by atoms with van der Waals surface area (Å²) >= 11 is 0. The Balaban J connectivity index is 4.35. The van der Waals surface area contributed by atoms with E-state index in [4.69, 9.17) is 4.55 Å². The van der Waals surface area contributed by atoms with Gasteiger partial charge >= 0.3 is 20.6 Å². The molecule has 0 aromatic carbocycles. The lowest BCUT2D eigenvalue weighted by Crippen LogP contribution is -2.31. The van der Waals surface area contributed by atoms with E-state index < -0.39 is 20.6 Å². The van der Waals surface area contributed by atoms with Crippen molar-refractivity contribution < 1.29 is 25.6 Å². The van der Waals surface area contributed by atoms with Crippen LogP contribution in [-0.4, -0.2) is 28.0 Å². The largest absolute Gasteiger partial charge is 0.351 e. The maximum atomic E-state index is 10.5. The van der Waals surface area contributed by atoms with Gasteiger partial charge in [0.15, 0.2) is 0 Å². The Labute approximate surface area is 70.2 Å². The molecule has 2 N–H and O–H groups in total. The molecule has 7 nitrogen and oxygen atoms in total. The monoisotopic (exact) mass is 217 g/mol. The summed E-state index contributed by atoms with van der Waals surface area (Å²) in [4.78, 5) is 0. The highest BCUT2D eigenvalue weighted by Crippen LogP contribution is 1.89. The van der Waals surface area contributed by atoms with Crippen molar-refractivity contribution in [2.75, 3.05) is 6.61 Å². The molecule has 0 aliphatic heterocycles. The maximum Gasteiger partial charge on any atom is 0.351 e. The predicted molar refractivity (Wildman–Crippen MR) is 39.8 cm³/mol. The van der Waals surface area contributed by atoms with E-state index in [0.717, 1.165) is 10.2 Å². The van der Waals surface area contributed by atoms with E-state index in [1.54, 1.807) is 0 Å². The van der Waals surface area contributed by atoms with Gasteiger partial charge in [0.05, 0.1) is 6.61 Å². The van der Waals surface area contributed by atoms with E-state index in [2.05, 4.69) is 10.8 Å². The first-order chi connectivity index (χ1) is 5.27. The molecule has 0 aromatic heterocycles. The van der Waals surface area contributed by atoms with Crippen LogP contribution >= 0.6 is 0 Å². The van der Waals surface area contributed by atoms with E-state index >= 15 is 0 Å². The van der Waals surface area contributed by atoms with E-state index in [1.165, 1.54) is 0 Å². The van der Waals surface area contributed by atoms with Crippen molar-refractivity contribution in [3.63, 3.8) is 0 Å². The van der Waals surface area contributed by atoms with Crippen molar-refractivity contribution >= 4 is 20.6 Å². The zero-order valence-corrected chi connectivity index (χ0v) is 7.43. The SMILES string of the molecule is C=CCOS(=O)(=O)NS(=O)(=O)O. The molecule has 0 fully saturated rings. The van der Waals surface area contributed by atoms with Crippen molar-refractivity contribution in [1.29, 1.82) is 0 Å². The fourth-order valence-corrected chi connectivity index (χ4v) is 1.79. The maximum absolute atomic E-state index is 10.5. The van der Waals surface area contributed by atoms with Crippen LogP contribution < -0.4 is 4.13 Å². The lowest BCUT2D eigenvalue weighted by Gasteiger charge is -2.00. The van der Waals surface area contributed by atoms with Crippen LogP contribution in [0.4, 0.5) is 0 Å². The van der Waals surface area contributed by atoms with Gasteiger partial charge in [0.2, 0.25) is 0 Å². The zero-order valence-electron chi connectivity index (χ0n) is 5.80. The van der Waals surface area contributed by atoms with E-state index in [0.29, 0.717) is 0 Å². The van der Waals surface area contributed by atoms with Gasteiger partial charge in [0, 0.05) is 0 Å². The Hall–Kier alpha value is -0.480. The summed E-state index contributed by atoms with van der Waals surface area (Å²) in [5.41, 5.74) is 0. The van der Waals surface area contributed by atoms with Crippen LogP contribution in [0, 0.1) is 0 Å². The van der Waals surface area contributed by atoms with Gasteiger partial charge in [-0.1, -0.05) is 10.2 Å². The van der Waals surface area contributed by atoms with Gasteiger partial charge in [-0.2, -0.15) is 16.8 Å². The van der Waals surface area contributed by atoms with Gasteiger partial charge in [-0.05, 0) is 0 Å². The topological polar surface area (TPSA) is 110 Å². The summed E-state index contributed by atoms with van der Waals surface area (Å²) in [6.45, 7) is 2.75. The van der Waals surface area contributed by atoms with Crippen molar-refractivity contribution in [3.8, 4) is 0 Å². The van der Waals surface area contributed by atoms with Crippen LogP contribution in [-0.2, 0) is 24.8 Å². The highest BCUT2D eigenvalue weighted by molar-refractivity contribution is 7.99. The quantitative estimate of drug-likeness (QED) is 0.443. The molecule has 0 aliphatic carbocycles. The molecular weight excluding hydrogens is 210 g/mol. The summed E-state index contributed by atoms with van der Waals surface area (Å²) in [5.74, 6) is 0. The molecule has 0 aliphatic rings. The predicted octanol–water partition coefficient (Wildman–Crippen LogP) is -1.17. The van der Waals surface area contributed by atoms with Gasteiger partial charge in [0.1, 0.15) is 0 Å².